The Balaban J connectivity index is 4.16. The molecule has 118 valence electrons. The van der Waals surface area contributed by atoms with E-state index < -0.39 is 12.1 Å². The molecular weight excluding hydrogens is 264 g/mol. The average Bonchev–Trinajstić information content (AvgIpc) is 2.41. The Morgan fingerprint density at radius 3 is 2.25 bits per heavy atom. The lowest BCUT2D eigenvalue weighted by Gasteiger charge is -2.22. The quantitative estimate of drug-likeness (QED) is 0.605. The molecule has 0 aliphatic carbocycles. The van der Waals surface area contributed by atoms with Gasteiger partial charge in [-0.3, -0.25) is 4.79 Å². The Kier molecular flexibility index (Phi) is 9.75. The molecule has 0 saturated carbocycles. The van der Waals surface area contributed by atoms with Gasteiger partial charge in [-0.15, -0.1) is 0 Å². The molecule has 0 unspecified atom stereocenters. The maximum atomic E-state index is 12.0. The number of carbonyl (C=O) groups excluding carboxylic acids is 2. The first-order valence-corrected chi connectivity index (χ1v) is 6.65. The summed E-state index contributed by atoms with van der Waals surface area (Å²) in [5.74, 6) is -0.300. The van der Waals surface area contributed by atoms with Gasteiger partial charge in [0.2, 0.25) is 5.91 Å². The molecule has 2 N–H and O–H groups in total. The van der Waals surface area contributed by atoms with E-state index in [0.717, 1.165) is 0 Å². The second kappa shape index (κ2) is 10.4. The fraction of sp³-hybridized carbons (Fsp3) is 0.846. The molecule has 7 heteroatoms. The normalized spacial score (nSPS) is 13.7. The van der Waals surface area contributed by atoms with Crippen molar-refractivity contribution in [3.05, 3.63) is 0 Å². The van der Waals surface area contributed by atoms with Crippen molar-refractivity contribution in [2.45, 2.75) is 32.9 Å². The van der Waals surface area contributed by atoms with Gasteiger partial charge < -0.3 is 24.8 Å². The zero-order valence-corrected chi connectivity index (χ0v) is 12.9. The molecule has 0 aliphatic heterocycles. The van der Waals surface area contributed by atoms with E-state index in [4.69, 9.17) is 9.47 Å². The zero-order chi connectivity index (χ0) is 15.5. The maximum Gasteiger partial charge on any atom is 0.407 e. The van der Waals surface area contributed by atoms with Gasteiger partial charge in [0, 0.05) is 13.7 Å². The summed E-state index contributed by atoms with van der Waals surface area (Å²) >= 11 is 0. The van der Waals surface area contributed by atoms with Gasteiger partial charge in [-0.05, 0) is 12.8 Å². The summed E-state index contributed by atoms with van der Waals surface area (Å²) in [6.45, 7) is 6.90. The van der Waals surface area contributed by atoms with E-state index in [1.165, 1.54) is 7.11 Å². The zero-order valence-electron chi connectivity index (χ0n) is 12.9. The largest absolute Gasteiger partial charge is 0.453 e. The molecule has 2 amide bonds. The van der Waals surface area contributed by atoms with Crippen LogP contribution in [0, 0.1) is 5.92 Å². The first kappa shape index (κ1) is 18.7. The van der Waals surface area contributed by atoms with E-state index in [9.17, 15) is 9.59 Å². The van der Waals surface area contributed by atoms with Gasteiger partial charge in [0.05, 0.1) is 26.4 Å². The number of hydrogen-bond acceptors (Lipinski definition) is 5. The van der Waals surface area contributed by atoms with Crippen LogP contribution in [0.2, 0.25) is 0 Å². The molecule has 0 aromatic carbocycles. The van der Waals surface area contributed by atoms with Gasteiger partial charge in [0.1, 0.15) is 6.04 Å². The molecule has 0 saturated heterocycles. The Hall–Kier alpha value is -1.34. The van der Waals surface area contributed by atoms with Crippen molar-refractivity contribution in [2.24, 2.45) is 5.92 Å². The van der Waals surface area contributed by atoms with Crippen molar-refractivity contribution in [1.82, 2.24) is 10.6 Å². The number of rotatable bonds is 9. The van der Waals surface area contributed by atoms with Crippen LogP contribution in [0.3, 0.4) is 0 Å². The third kappa shape index (κ3) is 7.96. The molecule has 0 fully saturated rings. The molecule has 0 spiro atoms. The van der Waals surface area contributed by atoms with E-state index in [2.05, 4.69) is 15.4 Å². The fourth-order valence-corrected chi connectivity index (χ4v) is 1.47. The van der Waals surface area contributed by atoms with Crippen molar-refractivity contribution in [3.63, 3.8) is 0 Å². The molecule has 2 atom stereocenters. The smallest absolute Gasteiger partial charge is 0.407 e. The minimum Gasteiger partial charge on any atom is -0.453 e. The SMILES string of the molecule is COCCO[C@@H](C)CNC(=O)[C@@H](NC(=O)OC)C(C)C. The molecule has 0 aliphatic rings. The summed E-state index contributed by atoms with van der Waals surface area (Å²) in [5.41, 5.74) is 0. The van der Waals surface area contributed by atoms with Crippen LogP contribution in [-0.2, 0) is 19.0 Å². The molecule has 0 radical (unpaired) electrons. The van der Waals surface area contributed by atoms with Crippen molar-refractivity contribution in [3.8, 4) is 0 Å². The highest BCUT2D eigenvalue weighted by molar-refractivity contribution is 5.85. The van der Waals surface area contributed by atoms with Crippen LogP contribution < -0.4 is 10.6 Å². The molecule has 0 rings (SSSR count). The van der Waals surface area contributed by atoms with Crippen molar-refractivity contribution in [2.75, 3.05) is 34.0 Å². The Morgan fingerprint density at radius 1 is 1.10 bits per heavy atom. The molecule has 20 heavy (non-hydrogen) atoms. The Bertz CT molecular complexity index is 296. The molecular formula is C13H26N2O5. The third-order valence-electron chi connectivity index (χ3n) is 2.66. The third-order valence-corrected chi connectivity index (χ3v) is 2.66. The van der Waals surface area contributed by atoms with Gasteiger partial charge in [-0.2, -0.15) is 0 Å². The van der Waals surface area contributed by atoms with Crippen molar-refractivity contribution < 1.29 is 23.8 Å². The number of ether oxygens (including phenoxy) is 3. The van der Waals surface area contributed by atoms with E-state index in [0.29, 0.717) is 19.8 Å². The summed E-state index contributed by atoms with van der Waals surface area (Å²) in [6.07, 6.45) is -0.747. The van der Waals surface area contributed by atoms with Crippen LogP contribution in [0.1, 0.15) is 20.8 Å². The summed E-state index contributed by atoms with van der Waals surface area (Å²) in [4.78, 5) is 23.2. The molecule has 0 bridgehead atoms. The highest BCUT2D eigenvalue weighted by atomic mass is 16.5. The lowest BCUT2D eigenvalue weighted by atomic mass is 10.0. The minimum atomic E-state index is -0.631. The first-order valence-electron chi connectivity index (χ1n) is 6.65. The van der Waals surface area contributed by atoms with E-state index in [1.54, 1.807) is 7.11 Å². The predicted molar refractivity (Wildman–Crippen MR) is 74.5 cm³/mol. The lowest BCUT2D eigenvalue weighted by molar-refractivity contribution is -0.124. The second-order valence-corrected chi connectivity index (χ2v) is 4.78. The topological polar surface area (TPSA) is 85.9 Å². The van der Waals surface area contributed by atoms with E-state index in [-0.39, 0.29) is 17.9 Å². The predicted octanol–water partition coefficient (Wildman–Crippen LogP) is 0.535. The molecule has 0 heterocycles. The van der Waals surface area contributed by atoms with E-state index in [1.807, 2.05) is 20.8 Å². The van der Waals surface area contributed by atoms with Gasteiger partial charge in [-0.25, -0.2) is 4.79 Å². The highest BCUT2D eigenvalue weighted by Gasteiger charge is 2.24. The molecule has 7 nitrogen and oxygen atoms in total. The van der Waals surface area contributed by atoms with Crippen LogP contribution in [-0.4, -0.2) is 58.1 Å². The number of hydrogen-bond donors (Lipinski definition) is 2. The summed E-state index contributed by atoms with van der Waals surface area (Å²) in [6, 6.07) is -0.631. The number of methoxy groups -OCH3 is 2. The molecule has 0 aromatic heterocycles. The number of carbonyl (C=O) groups is 2. The first-order chi connectivity index (χ1) is 9.42. The van der Waals surface area contributed by atoms with Crippen molar-refractivity contribution in [1.29, 1.82) is 0 Å². The highest BCUT2D eigenvalue weighted by Crippen LogP contribution is 2.02. The van der Waals surface area contributed by atoms with Crippen LogP contribution in [0.25, 0.3) is 0 Å². The maximum absolute atomic E-state index is 12.0. The van der Waals surface area contributed by atoms with Crippen LogP contribution in [0.15, 0.2) is 0 Å². The Morgan fingerprint density at radius 2 is 1.75 bits per heavy atom. The monoisotopic (exact) mass is 290 g/mol. The fourth-order valence-electron chi connectivity index (χ4n) is 1.47. The molecule has 0 aromatic rings. The second-order valence-electron chi connectivity index (χ2n) is 4.78. The van der Waals surface area contributed by atoms with Crippen LogP contribution >= 0.6 is 0 Å². The number of alkyl carbamates (subject to hydrolysis) is 1. The number of amides is 2. The van der Waals surface area contributed by atoms with E-state index >= 15 is 0 Å². The standard InChI is InChI=1S/C13H26N2O5/c1-9(2)11(15-13(17)19-5)12(16)14-8-10(3)20-7-6-18-4/h9-11H,6-8H2,1-5H3,(H,14,16)(H,15,17)/t10-,11-/m0/s1. The van der Waals surface area contributed by atoms with Gasteiger partial charge in [0.25, 0.3) is 0 Å². The number of nitrogens with one attached hydrogen (secondary N) is 2. The van der Waals surface area contributed by atoms with Crippen LogP contribution in [0.4, 0.5) is 4.79 Å². The van der Waals surface area contributed by atoms with Gasteiger partial charge in [0.15, 0.2) is 0 Å². The minimum absolute atomic E-state index is 0.0428. The van der Waals surface area contributed by atoms with Gasteiger partial charge in [-0.1, -0.05) is 13.8 Å². The lowest BCUT2D eigenvalue weighted by Crippen LogP contribution is -2.50. The van der Waals surface area contributed by atoms with Crippen molar-refractivity contribution >= 4 is 12.0 Å². The Labute approximate surface area is 120 Å². The van der Waals surface area contributed by atoms with Crippen LogP contribution in [0.5, 0.6) is 0 Å². The summed E-state index contributed by atoms with van der Waals surface area (Å²) in [7, 11) is 2.86. The summed E-state index contributed by atoms with van der Waals surface area (Å²) < 4.78 is 14.8. The summed E-state index contributed by atoms with van der Waals surface area (Å²) in [5, 5.41) is 5.25. The van der Waals surface area contributed by atoms with Gasteiger partial charge >= 0.3 is 6.09 Å². The average molecular weight is 290 g/mol.